The number of thioether (sulfide) groups is 1. The second kappa shape index (κ2) is 10.4. The highest BCUT2D eigenvalue weighted by atomic mass is 32.2. The number of amides is 1. The average Bonchev–Trinajstić information content (AvgIpc) is 3.28. The van der Waals surface area contributed by atoms with Crippen molar-refractivity contribution >= 4 is 49.8 Å². The number of aromatic nitrogens is 2. The van der Waals surface area contributed by atoms with E-state index >= 15 is 0 Å². The summed E-state index contributed by atoms with van der Waals surface area (Å²) < 4.78 is 35.4. The summed E-state index contributed by atoms with van der Waals surface area (Å²) in [5, 5.41) is 11.3. The quantitative estimate of drug-likeness (QED) is 0.322. The van der Waals surface area contributed by atoms with E-state index in [1.165, 1.54) is 15.6 Å². The second-order valence-corrected chi connectivity index (χ2v) is 14.1. The van der Waals surface area contributed by atoms with Gasteiger partial charge in [0.1, 0.15) is 5.75 Å². The molecule has 11 heteroatoms. The van der Waals surface area contributed by atoms with E-state index in [4.69, 9.17) is 4.74 Å². The van der Waals surface area contributed by atoms with Gasteiger partial charge in [-0.1, -0.05) is 82.0 Å². The molecule has 3 aromatic rings. The summed E-state index contributed by atoms with van der Waals surface area (Å²) in [5.74, 6) is 1.25. The Balaban J connectivity index is 1.64. The van der Waals surface area contributed by atoms with E-state index in [-0.39, 0.29) is 16.9 Å². The predicted molar refractivity (Wildman–Crippen MR) is 145 cm³/mol. The first-order chi connectivity index (χ1) is 16.9. The Labute approximate surface area is 220 Å². The molecule has 1 aliphatic rings. The van der Waals surface area contributed by atoms with Crippen molar-refractivity contribution in [1.82, 2.24) is 10.2 Å². The van der Waals surface area contributed by atoms with Crippen molar-refractivity contribution in [3.8, 4) is 5.75 Å². The minimum absolute atomic E-state index is 0.147. The molecule has 1 N–H and O–H groups in total. The molecule has 0 spiro atoms. The van der Waals surface area contributed by atoms with Gasteiger partial charge >= 0.3 is 0 Å². The summed E-state index contributed by atoms with van der Waals surface area (Å²) in [4.78, 5) is 13.3. The van der Waals surface area contributed by atoms with E-state index in [0.717, 1.165) is 15.7 Å². The molecule has 1 amide bonds. The summed E-state index contributed by atoms with van der Waals surface area (Å²) in [7, 11) is -3.94. The number of sulfonamides is 1. The Morgan fingerprint density at radius 2 is 1.92 bits per heavy atom. The van der Waals surface area contributed by atoms with E-state index in [1.807, 2.05) is 12.1 Å². The molecule has 2 heterocycles. The number of anilines is 2. The molecular formula is C25H30N4O4S3. The first-order valence-corrected chi connectivity index (χ1v) is 14.9. The molecule has 8 nitrogen and oxygen atoms in total. The monoisotopic (exact) mass is 546 g/mol. The van der Waals surface area contributed by atoms with Crippen molar-refractivity contribution in [3.63, 3.8) is 0 Å². The van der Waals surface area contributed by atoms with Gasteiger partial charge in [-0.05, 0) is 41.2 Å². The lowest BCUT2D eigenvalue weighted by atomic mass is 9.86. The van der Waals surface area contributed by atoms with E-state index < -0.39 is 22.0 Å². The van der Waals surface area contributed by atoms with Crippen molar-refractivity contribution in [2.45, 2.75) is 55.4 Å². The third-order valence-corrected chi connectivity index (χ3v) is 9.69. The fourth-order valence-electron chi connectivity index (χ4n) is 3.54. The number of rotatable bonds is 7. The number of hydrogen-bond donors (Lipinski definition) is 1. The van der Waals surface area contributed by atoms with Gasteiger partial charge in [0.05, 0.1) is 17.1 Å². The van der Waals surface area contributed by atoms with Gasteiger partial charge in [-0.15, -0.1) is 10.2 Å². The molecule has 1 atom stereocenters. The maximum atomic E-state index is 13.7. The van der Waals surface area contributed by atoms with Crippen molar-refractivity contribution in [1.29, 1.82) is 0 Å². The van der Waals surface area contributed by atoms with Crippen LogP contribution in [0.15, 0.2) is 57.8 Å². The number of carbonyl (C=O) groups is 1. The maximum absolute atomic E-state index is 13.7. The van der Waals surface area contributed by atoms with Crippen LogP contribution >= 0.6 is 23.1 Å². The third-order valence-electron chi connectivity index (χ3n) is 5.49. The van der Waals surface area contributed by atoms with Crippen LogP contribution in [0.3, 0.4) is 0 Å². The van der Waals surface area contributed by atoms with E-state index in [9.17, 15) is 13.2 Å². The molecule has 0 fully saturated rings. The van der Waals surface area contributed by atoms with Crippen LogP contribution in [0.1, 0.15) is 40.2 Å². The molecule has 1 unspecified atom stereocenters. The van der Waals surface area contributed by atoms with Crippen molar-refractivity contribution < 1.29 is 17.9 Å². The van der Waals surface area contributed by atoms with Gasteiger partial charge in [-0.25, -0.2) is 8.42 Å². The van der Waals surface area contributed by atoms with E-state index in [1.54, 1.807) is 48.2 Å². The Morgan fingerprint density at radius 3 is 2.58 bits per heavy atom. The normalized spacial score (nSPS) is 15.9. The van der Waals surface area contributed by atoms with E-state index in [2.05, 4.69) is 50.1 Å². The van der Waals surface area contributed by atoms with Gasteiger partial charge < -0.3 is 4.74 Å². The van der Waals surface area contributed by atoms with Crippen molar-refractivity contribution in [2.24, 2.45) is 5.92 Å². The number of benzene rings is 2. The molecule has 0 saturated carbocycles. The van der Waals surface area contributed by atoms with Gasteiger partial charge in [0.15, 0.2) is 10.4 Å². The molecule has 1 aliphatic heterocycles. The van der Waals surface area contributed by atoms with Crippen LogP contribution in [0.4, 0.5) is 10.8 Å². The highest BCUT2D eigenvalue weighted by Crippen LogP contribution is 2.40. The van der Waals surface area contributed by atoms with Crippen LogP contribution in [-0.4, -0.2) is 42.9 Å². The highest BCUT2D eigenvalue weighted by molar-refractivity contribution is 8.01. The van der Waals surface area contributed by atoms with Crippen LogP contribution < -0.4 is 14.4 Å². The van der Waals surface area contributed by atoms with Crippen LogP contribution in [0.5, 0.6) is 5.75 Å². The lowest BCUT2D eigenvalue weighted by Gasteiger charge is -2.35. The number of carbonyl (C=O) groups excluding carboxylic acids is 1. The van der Waals surface area contributed by atoms with Crippen LogP contribution in [-0.2, 0) is 20.2 Å². The molecule has 0 aliphatic carbocycles. The average molecular weight is 547 g/mol. The largest absolute Gasteiger partial charge is 0.476 e. The number of nitrogens with one attached hydrogen (secondary N) is 1. The fourth-order valence-corrected chi connectivity index (χ4v) is 6.76. The first-order valence-electron chi connectivity index (χ1n) is 11.6. The standard InChI is InChI=1S/C25H30N4O4S3/c1-16(2)15-34-24-28-27-23(35-24)26-22(30)21-14-29(36(31,32)18-9-7-6-8-10-18)19-13-17(25(3,4)5)11-12-20(19)33-21/h6-13,16,21H,14-15H2,1-5H3,(H,26,27,30). The smallest absolute Gasteiger partial charge is 0.269 e. The molecule has 0 saturated heterocycles. The van der Waals surface area contributed by atoms with Gasteiger partial charge in [-0.3, -0.25) is 14.4 Å². The summed E-state index contributed by atoms with van der Waals surface area (Å²) in [5.41, 5.74) is 1.18. The zero-order valence-corrected chi connectivity index (χ0v) is 23.3. The molecule has 0 radical (unpaired) electrons. The minimum atomic E-state index is -3.94. The number of ether oxygens (including phenoxy) is 1. The number of nitrogens with zero attached hydrogens (tertiary/aromatic N) is 3. The van der Waals surface area contributed by atoms with Gasteiger partial charge in [0, 0.05) is 5.75 Å². The molecule has 4 rings (SSSR count). The topological polar surface area (TPSA) is 101 Å². The minimum Gasteiger partial charge on any atom is -0.476 e. The fraction of sp³-hybridized carbons (Fsp3) is 0.400. The summed E-state index contributed by atoms with van der Waals surface area (Å²) in [6.45, 7) is 10.2. The predicted octanol–water partition coefficient (Wildman–Crippen LogP) is 5.18. The Bertz CT molecular complexity index is 1330. The van der Waals surface area contributed by atoms with E-state index in [0.29, 0.717) is 22.5 Å². The summed E-state index contributed by atoms with van der Waals surface area (Å²) in [6, 6.07) is 13.7. The zero-order valence-electron chi connectivity index (χ0n) is 20.9. The molecule has 2 aromatic carbocycles. The number of hydrogen-bond acceptors (Lipinski definition) is 8. The van der Waals surface area contributed by atoms with Crippen molar-refractivity contribution in [3.05, 3.63) is 54.1 Å². The lowest BCUT2D eigenvalue weighted by molar-refractivity contribution is -0.122. The summed E-state index contributed by atoms with van der Waals surface area (Å²) >= 11 is 2.86. The van der Waals surface area contributed by atoms with Crippen LogP contribution in [0, 0.1) is 5.92 Å². The molecule has 192 valence electrons. The van der Waals surface area contributed by atoms with Gasteiger partial charge in [0.25, 0.3) is 15.9 Å². The van der Waals surface area contributed by atoms with Gasteiger partial charge in [0.2, 0.25) is 5.13 Å². The third kappa shape index (κ3) is 5.84. The van der Waals surface area contributed by atoms with Gasteiger partial charge in [-0.2, -0.15) is 0 Å². The van der Waals surface area contributed by atoms with Crippen molar-refractivity contribution in [2.75, 3.05) is 21.9 Å². The SMILES string of the molecule is CC(C)CSc1nnc(NC(=O)C2CN(S(=O)(=O)c3ccccc3)c3cc(C(C)(C)C)ccc3O2)s1. The molecular weight excluding hydrogens is 517 g/mol. The Kier molecular flexibility index (Phi) is 7.63. The second-order valence-electron chi connectivity index (χ2n) is 9.96. The number of fused-ring (bicyclic) bond motifs is 1. The lowest BCUT2D eigenvalue weighted by Crippen LogP contribution is -2.49. The molecule has 1 aromatic heterocycles. The Hall–Kier alpha value is -2.63. The first kappa shape index (κ1) is 26.4. The van der Waals surface area contributed by atoms with Crippen LogP contribution in [0.25, 0.3) is 0 Å². The molecule has 36 heavy (non-hydrogen) atoms. The Morgan fingerprint density at radius 1 is 1.19 bits per heavy atom. The zero-order chi connectivity index (χ0) is 26.1. The highest BCUT2D eigenvalue weighted by Gasteiger charge is 2.38. The summed E-state index contributed by atoms with van der Waals surface area (Å²) in [6.07, 6.45) is -1.06. The van der Waals surface area contributed by atoms with Crippen LogP contribution in [0.2, 0.25) is 0 Å². The molecule has 0 bridgehead atoms. The maximum Gasteiger partial charge on any atom is 0.269 e.